The third-order valence-corrected chi connectivity index (χ3v) is 5.86. The zero-order chi connectivity index (χ0) is 22.5. The van der Waals surface area contributed by atoms with E-state index in [1.54, 1.807) is 37.4 Å². The molecule has 1 aliphatic rings. The second-order valence-electron chi connectivity index (χ2n) is 7.58. The Balaban J connectivity index is 1.63. The minimum Gasteiger partial charge on any atom is -0.495 e. The lowest BCUT2D eigenvalue weighted by molar-refractivity contribution is -0.121. The molecule has 1 N–H and O–H groups in total. The van der Waals surface area contributed by atoms with Crippen LogP contribution in [0, 0.1) is 0 Å². The number of amides is 1. The number of anilines is 2. The molecule has 0 radical (unpaired) electrons. The summed E-state index contributed by atoms with van der Waals surface area (Å²) in [6, 6.07) is 12.4. The SMILES string of the molecule is COC(=O)c1ccc(N2CCN(C(C)C(=O)Nc3cc(Cl)ccc3OC)C(C)C2)cc1. The molecule has 1 amide bonds. The van der Waals surface area contributed by atoms with Crippen LogP contribution in [0.2, 0.25) is 5.02 Å². The first-order valence-corrected chi connectivity index (χ1v) is 10.5. The highest BCUT2D eigenvalue weighted by Crippen LogP contribution is 2.28. The largest absolute Gasteiger partial charge is 0.495 e. The number of ether oxygens (including phenoxy) is 2. The molecule has 0 aliphatic carbocycles. The van der Waals surface area contributed by atoms with Crippen molar-refractivity contribution in [3.63, 3.8) is 0 Å². The topological polar surface area (TPSA) is 71.1 Å². The van der Waals surface area contributed by atoms with E-state index in [1.807, 2.05) is 19.1 Å². The second kappa shape index (κ2) is 10.0. The number of carbonyl (C=O) groups excluding carboxylic acids is 2. The Morgan fingerprint density at radius 3 is 2.45 bits per heavy atom. The Hall–Kier alpha value is -2.77. The van der Waals surface area contributed by atoms with Gasteiger partial charge in [0.25, 0.3) is 0 Å². The third kappa shape index (κ3) is 5.29. The van der Waals surface area contributed by atoms with Gasteiger partial charge in [0.15, 0.2) is 0 Å². The number of carbonyl (C=O) groups is 2. The lowest BCUT2D eigenvalue weighted by Crippen LogP contribution is -2.57. The monoisotopic (exact) mass is 445 g/mol. The van der Waals surface area contributed by atoms with E-state index >= 15 is 0 Å². The number of methoxy groups -OCH3 is 2. The van der Waals surface area contributed by atoms with Crippen LogP contribution in [0.5, 0.6) is 5.75 Å². The fourth-order valence-corrected chi connectivity index (χ4v) is 4.05. The molecule has 1 heterocycles. The molecule has 2 aromatic carbocycles. The molecular weight excluding hydrogens is 418 g/mol. The van der Waals surface area contributed by atoms with Crippen molar-refractivity contribution in [2.45, 2.75) is 25.9 Å². The fraction of sp³-hybridized carbons (Fsp3) is 0.391. The molecule has 2 aromatic rings. The normalized spacial score (nSPS) is 17.7. The number of nitrogens with one attached hydrogen (secondary N) is 1. The summed E-state index contributed by atoms with van der Waals surface area (Å²) in [5.74, 6) is 0.113. The van der Waals surface area contributed by atoms with Crippen LogP contribution in [-0.4, -0.2) is 62.7 Å². The maximum Gasteiger partial charge on any atom is 0.337 e. The van der Waals surface area contributed by atoms with Gasteiger partial charge in [-0.25, -0.2) is 4.79 Å². The number of hydrogen-bond donors (Lipinski definition) is 1. The van der Waals surface area contributed by atoms with Gasteiger partial charge in [-0.3, -0.25) is 9.69 Å². The Morgan fingerprint density at radius 1 is 1.13 bits per heavy atom. The average Bonchev–Trinajstić information content (AvgIpc) is 2.78. The number of halogens is 1. The highest BCUT2D eigenvalue weighted by atomic mass is 35.5. The van der Waals surface area contributed by atoms with Crippen molar-refractivity contribution in [1.82, 2.24) is 4.90 Å². The summed E-state index contributed by atoms with van der Waals surface area (Å²) >= 11 is 6.07. The quantitative estimate of drug-likeness (QED) is 0.684. The number of nitrogens with zero attached hydrogens (tertiary/aromatic N) is 2. The van der Waals surface area contributed by atoms with Crippen molar-refractivity contribution in [3.8, 4) is 5.75 Å². The zero-order valence-corrected chi connectivity index (χ0v) is 19.0. The van der Waals surface area contributed by atoms with Crippen molar-refractivity contribution in [3.05, 3.63) is 53.1 Å². The molecule has 8 heteroatoms. The van der Waals surface area contributed by atoms with Crippen LogP contribution in [0.1, 0.15) is 24.2 Å². The van der Waals surface area contributed by atoms with Crippen LogP contribution in [-0.2, 0) is 9.53 Å². The van der Waals surface area contributed by atoms with E-state index in [0.29, 0.717) is 22.0 Å². The van der Waals surface area contributed by atoms with Gasteiger partial charge in [0.1, 0.15) is 5.75 Å². The number of piperazine rings is 1. The van der Waals surface area contributed by atoms with Gasteiger partial charge >= 0.3 is 5.97 Å². The molecule has 1 fully saturated rings. The first kappa shape index (κ1) is 22.9. The number of esters is 1. The van der Waals surface area contributed by atoms with Gasteiger partial charge in [-0.2, -0.15) is 0 Å². The van der Waals surface area contributed by atoms with Crippen molar-refractivity contribution in [2.24, 2.45) is 0 Å². The molecule has 2 atom stereocenters. The summed E-state index contributed by atoms with van der Waals surface area (Å²) in [6.07, 6.45) is 0. The van der Waals surface area contributed by atoms with Crippen molar-refractivity contribution < 1.29 is 19.1 Å². The van der Waals surface area contributed by atoms with Crippen molar-refractivity contribution in [1.29, 1.82) is 0 Å². The Morgan fingerprint density at radius 2 is 1.84 bits per heavy atom. The van der Waals surface area contributed by atoms with Gasteiger partial charge < -0.3 is 19.7 Å². The molecular formula is C23H28ClN3O4. The smallest absolute Gasteiger partial charge is 0.337 e. The van der Waals surface area contributed by atoms with Gasteiger partial charge in [-0.1, -0.05) is 11.6 Å². The van der Waals surface area contributed by atoms with E-state index in [1.165, 1.54) is 7.11 Å². The number of benzene rings is 2. The maximum atomic E-state index is 12.9. The van der Waals surface area contributed by atoms with E-state index in [9.17, 15) is 9.59 Å². The molecule has 0 spiro atoms. The predicted molar refractivity (Wildman–Crippen MR) is 122 cm³/mol. The van der Waals surface area contributed by atoms with Crippen LogP contribution in [0.15, 0.2) is 42.5 Å². The number of rotatable bonds is 6. The van der Waals surface area contributed by atoms with Crippen LogP contribution >= 0.6 is 11.6 Å². The Kier molecular flexibility index (Phi) is 7.41. The van der Waals surface area contributed by atoms with E-state index in [2.05, 4.69) is 22.0 Å². The van der Waals surface area contributed by atoms with Crippen molar-refractivity contribution >= 4 is 34.9 Å². The van der Waals surface area contributed by atoms with Crippen molar-refractivity contribution in [2.75, 3.05) is 44.1 Å². The summed E-state index contributed by atoms with van der Waals surface area (Å²) in [5, 5.41) is 3.47. The van der Waals surface area contributed by atoms with Crippen LogP contribution in [0.3, 0.4) is 0 Å². The first-order valence-electron chi connectivity index (χ1n) is 10.2. The molecule has 1 aliphatic heterocycles. The van der Waals surface area contributed by atoms with Gasteiger partial charge in [-0.05, 0) is 56.3 Å². The average molecular weight is 446 g/mol. The van der Waals surface area contributed by atoms with Gasteiger partial charge in [0.2, 0.25) is 5.91 Å². The minimum atomic E-state index is -0.346. The minimum absolute atomic E-state index is 0.108. The van der Waals surface area contributed by atoms with Crippen LogP contribution in [0.25, 0.3) is 0 Å². The molecule has 0 bridgehead atoms. The summed E-state index contributed by atoms with van der Waals surface area (Å²) in [5.41, 5.74) is 2.13. The standard InChI is InChI=1S/C23H28ClN3O4/c1-15-14-26(19-8-5-17(6-9-19)23(29)31-4)11-12-27(15)16(2)22(28)25-20-13-18(24)7-10-21(20)30-3/h5-10,13,15-16H,11-12,14H2,1-4H3,(H,25,28). The Labute approximate surface area is 187 Å². The van der Waals surface area contributed by atoms with Gasteiger partial charge in [-0.15, -0.1) is 0 Å². The summed E-state index contributed by atoms with van der Waals surface area (Å²) in [6.45, 7) is 6.30. The van der Waals surface area contributed by atoms with E-state index < -0.39 is 0 Å². The number of hydrogen-bond acceptors (Lipinski definition) is 6. The molecule has 1 saturated heterocycles. The molecule has 0 saturated carbocycles. The van der Waals surface area contributed by atoms with E-state index in [0.717, 1.165) is 25.3 Å². The molecule has 7 nitrogen and oxygen atoms in total. The lowest BCUT2D eigenvalue weighted by Gasteiger charge is -2.43. The molecule has 2 unspecified atom stereocenters. The molecule has 0 aromatic heterocycles. The second-order valence-corrected chi connectivity index (χ2v) is 8.02. The van der Waals surface area contributed by atoms with E-state index in [4.69, 9.17) is 21.1 Å². The highest BCUT2D eigenvalue weighted by Gasteiger charge is 2.31. The molecule has 3 rings (SSSR count). The highest BCUT2D eigenvalue weighted by molar-refractivity contribution is 6.31. The maximum absolute atomic E-state index is 12.9. The first-order chi connectivity index (χ1) is 14.8. The third-order valence-electron chi connectivity index (χ3n) is 5.63. The predicted octanol–water partition coefficient (Wildman–Crippen LogP) is 3.67. The van der Waals surface area contributed by atoms with Gasteiger partial charge in [0.05, 0.1) is 31.5 Å². The fourth-order valence-electron chi connectivity index (χ4n) is 3.87. The van der Waals surface area contributed by atoms with Crippen LogP contribution < -0.4 is 15.0 Å². The zero-order valence-electron chi connectivity index (χ0n) is 18.2. The summed E-state index contributed by atoms with van der Waals surface area (Å²) in [4.78, 5) is 29.0. The summed E-state index contributed by atoms with van der Waals surface area (Å²) < 4.78 is 10.1. The van der Waals surface area contributed by atoms with Crippen LogP contribution in [0.4, 0.5) is 11.4 Å². The Bertz CT molecular complexity index is 935. The lowest BCUT2D eigenvalue weighted by atomic mass is 10.1. The molecule has 31 heavy (non-hydrogen) atoms. The van der Waals surface area contributed by atoms with E-state index in [-0.39, 0.29) is 24.0 Å². The summed E-state index contributed by atoms with van der Waals surface area (Å²) in [7, 11) is 2.93. The molecule has 166 valence electrons. The van der Waals surface area contributed by atoms with Gasteiger partial charge in [0, 0.05) is 36.4 Å².